The third-order valence-corrected chi connectivity index (χ3v) is 3.36. The molecule has 0 saturated carbocycles. The van der Waals surface area contributed by atoms with Crippen LogP contribution in [0.5, 0.6) is 5.75 Å². The summed E-state index contributed by atoms with van der Waals surface area (Å²) in [6.45, 7) is 0.167. The van der Waals surface area contributed by atoms with Gasteiger partial charge in [-0.05, 0) is 30.6 Å². The van der Waals surface area contributed by atoms with Crippen LogP contribution in [0.15, 0.2) is 24.3 Å². The molecule has 0 heterocycles. The van der Waals surface area contributed by atoms with Crippen LogP contribution < -0.4 is 21.5 Å². The van der Waals surface area contributed by atoms with Crippen molar-refractivity contribution in [1.29, 1.82) is 0 Å². The molecule has 0 fully saturated rings. The molecule has 1 aromatic rings. The number of benzene rings is 1. The van der Waals surface area contributed by atoms with Gasteiger partial charge in [0.1, 0.15) is 5.75 Å². The lowest BCUT2D eigenvalue weighted by molar-refractivity contribution is -0.119. The molecule has 0 aromatic heterocycles. The number of nitrogens with one attached hydrogen (secondary N) is 1. The van der Waals surface area contributed by atoms with Crippen molar-refractivity contribution < 1.29 is 14.3 Å². The summed E-state index contributed by atoms with van der Waals surface area (Å²) in [5, 5.41) is 2.74. The molecule has 0 saturated heterocycles. The van der Waals surface area contributed by atoms with E-state index in [9.17, 15) is 9.59 Å². The van der Waals surface area contributed by atoms with Crippen molar-refractivity contribution in [2.24, 2.45) is 11.5 Å². The monoisotopic (exact) mass is 311 g/mol. The Morgan fingerprint density at radius 3 is 2.76 bits per heavy atom. The lowest BCUT2D eigenvalue weighted by Crippen LogP contribution is -2.36. The molecule has 21 heavy (non-hydrogen) atoms. The summed E-state index contributed by atoms with van der Waals surface area (Å²) in [5.74, 6) is 0.625. The summed E-state index contributed by atoms with van der Waals surface area (Å²) < 4.78 is 5.45. The lowest BCUT2D eigenvalue weighted by Gasteiger charge is -2.15. The summed E-state index contributed by atoms with van der Waals surface area (Å²) in [6.07, 6.45) is 2.69. The molecule has 0 radical (unpaired) electrons. The third-order valence-electron chi connectivity index (χ3n) is 2.72. The number of para-hydroxylation sites is 2. The average molecular weight is 311 g/mol. The molecule has 1 aromatic carbocycles. The highest BCUT2D eigenvalue weighted by atomic mass is 32.2. The normalized spacial score (nSPS) is 11.7. The Bertz CT molecular complexity index is 482. The molecule has 116 valence electrons. The van der Waals surface area contributed by atoms with Crippen molar-refractivity contribution in [3.8, 4) is 5.75 Å². The van der Waals surface area contributed by atoms with Crippen molar-refractivity contribution in [3.63, 3.8) is 0 Å². The van der Waals surface area contributed by atoms with E-state index in [1.807, 2.05) is 6.26 Å². The second kappa shape index (κ2) is 9.25. The first kappa shape index (κ1) is 17.3. The summed E-state index contributed by atoms with van der Waals surface area (Å²) in [6, 6.07) is 6.44. The molecule has 0 bridgehead atoms. The van der Waals surface area contributed by atoms with E-state index < -0.39 is 11.9 Å². The highest BCUT2D eigenvalue weighted by molar-refractivity contribution is 7.98. The van der Waals surface area contributed by atoms with Gasteiger partial charge in [0, 0.05) is 0 Å². The molecule has 6 nitrogen and oxygen atoms in total. The number of anilines is 1. The minimum Gasteiger partial charge on any atom is -0.491 e. The van der Waals surface area contributed by atoms with Gasteiger partial charge < -0.3 is 21.5 Å². The van der Waals surface area contributed by atoms with Crippen LogP contribution in [0.3, 0.4) is 0 Å². The lowest BCUT2D eigenvalue weighted by atomic mass is 10.2. The van der Waals surface area contributed by atoms with Crippen molar-refractivity contribution in [3.05, 3.63) is 24.3 Å². The predicted molar refractivity (Wildman–Crippen MR) is 85.4 cm³/mol. The quantitative estimate of drug-likeness (QED) is 0.629. The van der Waals surface area contributed by atoms with Crippen LogP contribution in [0, 0.1) is 0 Å². The van der Waals surface area contributed by atoms with Gasteiger partial charge >= 0.3 is 0 Å². The topological polar surface area (TPSA) is 107 Å². The Morgan fingerprint density at radius 1 is 1.38 bits per heavy atom. The third kappa shape index (κ3) is 6.50. The first-order valence-corrected chi connectivity index (χ1v) is 7.99. The van der Waals surface area contributed by atoms with Crippen LogP contribution in [0.25, 0.3) is 0 Å². The highest BCUT2D eigenvalue weighted by Gasteiger charge is 2.15. The fraction of sp³-hybridized carbons (Fsp3) is 0.429. The number of hydrogen-bond acceptors (Lipinski definition) is 5. The van der Waals surface area contributed by atoms with Crippen LogP contribution in [-0.4, -0.2) is 36.5 Å². The SMILES string of the molecule is CSCC[C@H](N)C(=O)Nc1ccccc1OCCC(N)=O. The van der Waals surface area contributed by atoms with Gasteiger partial charge in [-0.2, -0.15) is 11.8 Å². The van der Waals surface area contributed by atoms with Crippen molar-refractivity contribution in [1.82, 2.24) is 0 Å². The van der Waals surface area contributed by atoms with E-state index >= 15 is 0 Å². The minimum absolute atomic E-state index is 0.121. The highest BCUT2D eigenvalue weighted by Crippen LogP contribution is 2.24. The van der Waals surface area contributed by atoms with E-state index in [2.05, 4.69) is 5.32 Å². The molecule has 1 rings (SSSR count). The van der Waals surface area contributed by atoms with Crippen LogP contribution in [0.2, 0.25) is 0 Å². The Morgan fingerprint density at radius 2 is 2.10 bits per heavy atom. The molecule has 0 spiro atoms. The maximum atomic E-state index is 12.0. The number of amides is 2. The number of rotatable bonds is 9. The van der Waals surface area contributed by atoms with E-state index in [0.717, 1.165) is 5.75 Å². The van der Waals surface area contributed by atoms with E-state index in [1.165, 1.54) is 0 Å². The number of nitrogens with two attached hydrogens (primary N) is 2. The van der Waals surface area contributed by atoms with Gasteiger partial charge in [0.15, 0.2) is 0 Å². The van der Waals surface area contributed by atoms with Crippen molar-refractivity contribution in [2.45, 2.75) is 18.9 Å². The number of carbonyl (C=O) groups excluding carboxylic acids is 2. The Balaban J connectivity index is 2.61. The second-order valence-electron chi connectivity index (χ2n) is 4.44. The Kier molecular flexibility index (Phi) is 7.63. The average Bonchev–Trinajstić information content (AvgIpc) is 2.46. The molecular weight excluding hydrogens is 290 g/mol. The van der Waals surface area contributed by atoms with Gasteiger partial charge in [0.25, 0.3) is 0 Å². The summed E-state index contributed by atoms with van der Waals surface area (Å²) in [7, 11) is 0. The van der Waals surface area contributed by atoms with Crippen LogP contribution in [0.4, 0.5) is 5.69 Å². The van der Waals surface area contributed by atoms with Crippen LogP contribution >= 0.6 is 11.8 Å². The largest absolute Gasteiger partial charge is 0.491 e. The van der Waals surface area contributed by atoms with Crippen LogP contribution in [0.1, 0.15) is 12.8 Å². The molecule has 5 N–H and O–H groups in total. The molecule has 0 unspecified atom stereocenters. The van der Waals surface area contributed by atoms with E-state index in [1.54, 1.807) is 36.0 Å². The molecular formula is C14H21N3O3S. The van der Waals surface area contributed by atoms with Gasteiger partial charge in [-0.3, -0.25) is 9.59 Å². The molecule has 0 aliphatic carbocycles. The number of primary amides is 1. The fourth-order valence-corrected chi connectivity index (χ4v) is 2.05. The molecule has 7 heteroatoms. The summed E-state index contributed by atoms with van der Waals surface area (Å²) in [4.78, 5) is 22.7. The second-order valence-corrected chi connectivity index (χ2v) is 5.42. The zero-order valence-corrected chi connectivity index (χ0v) is 12.8. The summed E-state index contributed by atoms with van der Waals surface area (Å²) in [5.41, 5.74) is 11.4. The minimum atomic E-state index is -0.559. The zero-order valence-electron chi connectivity index (χ0n) is 12.0. The Labute approximate surface area is 128 Å². The maximum Gasteiger partial charge on any atom is 0.241 e. The van der Waals surface area contributed by atoms with E-state index in [-0.39, 0.29) is 18.9 Å². The summed E-state index contributed by atoms with van der Waals surface area (Å²) >= 11 is 1.64. The van der Waals surface area contributed by atoms with Crippen molar-refractivity contribution in [2.75, 3.05) is 23.9 Å². The first-order valence-electron chi connectivity index (χ1n) is 6.60. The number of ether oxygens (including phenoxy) is 1. The van der Waals surface area contributed by atoms with Crippen molar-refractivity contribution >= 4 is 29.3 Å². The van der Waals surface area contributed by atoms with Gasteiger partial charge in [-0.1, -0.05) is 12.1 Å². The standard InChI is InChI=1S/C14H21N3O3S/c1-21-9-7-10(15)14(19)17-11-4-2-3-5-12(11)20-8-6-13(16)18/h2-5,10H,6-9,15H2,1H3,(H2,16,18)(H,17,19)/t10-/m0/s1. The molecule has 1 atom stereocenters. The molecule has 0 aliphatic heterocycles. The van der Waals surface area contributed by atoms with Gasteiger partial charge in [-0.25, -0.2) is 0 Å². The van der Waals surface area contributed by atoms with E-state index in [0.29, 0.717) is 17.9 Å². The number of thioether (sulfide) groups is 1. The van der Waals surface area contributed by atoms with Gasteiger partial charge in [0.2, 0.25) is 11.8 Å². The zero-order chi connectivity index (χ0) is 15.7. The fourth-order valence-electron chi connectivity index (χ4n) is 1.56. The smallest absolute Gasteiger partial charge is 0.241 e. The first-order chi connectivity index (χ1) is 10.0. The molecule has 2 amide bonds. The van der Waals surface area contributed by atoms with Crippen LogP contribution in [-0.2, 0) is 9.59 Å². The predicted octanol–water partition coefficient (Wildman–Crippen LogP) is 0.960. The maximum absolute atomic E-state index is 12.0. The van der Waals surface area contributed by atoms with Gasteiger partial charge in [-0.15, -0.1) is 0 Å². The van der Waals surface area contributed by atoms with E-state index in [4.69, 9.17) is 16.2 Å². The number of carbonyl (C=O) groups is 2. The molecule has 0 aliphatic rings. The number of hydrogen-bond donors (Lipinski definition) is 3. The Hall–Kier alpha value is -1.73. The van der Waals surface area contributed by atoms with Gasteiger partial charge in [0.05, 0.1) is 24.8 Å².